The molecule has 1 N–H and O–H groups in total. The highest BCUT2D eigenvalue weighted by Gasteiger charge is 2.36. The number of aliphatic hydroxyl groups excluding tert-OH is 1. The van der Waals surface area contributed by atoms with Crippen molar-refractivity contribution in [2.45, 2.75) is 52.5 Å². The van der Waals surface area contributed by atoms with Crippen LogP contribution in [0.4, 0.5) is 17.1 Å². The number of Topliss-reactive ketones (excluding diaryl/α,β-unsaturated/α-hetero) is 1. The summed E-state index contributed by atoms with van der Waals surface area (Å²) in [6.45, 7) is 11.1. The van der Waals surface area contributed by atoms with Gasteiger partial charge in [-0.2, -0.15) is 10.2 Å². The van der Waals surface area contributed by atoms with Crippen LogP contribution in [-0.2, 0) is 0 Å². The summed E-state index contributed by atoms with van der Waals surface area (Å²) in [5.74, 6) is 0.447. The molecule has 0 fully saturated rings. The summed E-state index contributed by atoms with van der Waals surface area (Å²) in [5.41, 5.74) is 5.73. The van der Waals surface area contributed by atoms with Crippen LogP contribution in [-0.4, -0.2) is 29.6 Å². The number of anilines is 1. The Morgan fingerprint density at radius 2 is 1.89 bits per heavy atom. The van der Waals surface area contributed by atoms with Gasteiger partial charge in [-0.25, -0.2) is 0 Å². The summed E-state index contributed by atoms with van der Waals surface area (Å²) in [5, 5.41) is 18.4. The van der Waals surface area contributed by atoms with E-state index in [-0.39, 0.29) is 17.9 Å². The summed E-state index contributed by atoms with van der Waals surface area (Å²) in [6.07, 6.45) is 1.02. The standard InChI is InChI=1S/C23H29N3O2/c1-15-12-22-20(16(2)14-23(4,5)26(22)10-11-27)13-21(15)25-24-19-8-6-18(7-9-19)17(3)28/h6-9,12-13,16,27H,10-11,14H2,1-5H3/t16-/m0/s1. The summed E-state index contributed by atoms with van der Waals surface area (Å²) >= 11 is 0. The Labute approximate surface area is 167 Å². The summed E-state index contributed by atoms with van der Waals surface area (Å²) in [7, 11) is 0. The number of ketones is 1. The van der Waals surface area contributed by atoms with Crippen LogP contribution in [0.1, 0.15) is 61.5 Å². The maximum atomic E-state index is 11.4. The molecule has 0 amide bonds. The molecular weight excluding hydrogens is 350 g/mol. The maximum Gasteiger partial charge on any atom is 0.159 e. The number of aryl methyl sites for hydroxylation is 1. The Morgan fingerprint density at radius 3 is 2.50 bits per heavy atom. The minimum Gasteiger partial charge on any atom is -0.395 e. The van der Waals surface area contributed by atoms with Gasteiger partial charge in [-0.1, -0.05) is 6.92 Å². The molecule has 0 spiro atoms. The third-order valence-electron chi connectivity index (χ3n) is 5.57. The Morgan fingerprint density at radius 1 is 1.21 bits per heavy atom. The van der Waals surface area contributed by atoms with Gasteiger partial charge in [-0.3, -0.25) is 4.79 Å². The maximum absolute atomic E-state index is 11.4. The largest absolute Gasteiger partial charge is 0.395 e. The first-order chi connectivity index (χ1) is 13.2. The lowest BCUT2D eigenvalue weighted by Gasteiger charge is -2.47. The van der Waals surface area contributed by atoms with Crippen molar-refractivity contribution in [1.82, 2.24) is 0 Å². The number of carbonyl (C=O) groups excluding carboxylic acids is 1. The van der Waals surface area contributed by atoms with Gasteiger partial charge in [-0.15, -0.1) is 0 Å². The molecule has 1 aliphatic heterocycles. The van der Waals surface area contributed by atoms with Crippen molar-refractivity contribution in [2.24, 2.45) is 10.2 Å². The van der Waals surface area contributed by atoms with Crippen molar-refractivity contribution in [1.29, 1.82) is 0 Å². The first-order valence-electron chi connectivity index (χ1n) is 9.78. The number of nitrogens with zero attached hydrogens (tertiary/aromatic N) is 3. The quantitative estimate of drug-likeness (QED) is 0.535. The minimum atomic E-state index is 0.00305. The van der Waals surface area contributed by atoms with E-state index in [1.807, 2.05) is 19.1 Å². The predicted octanol–water partition coefficient (Wildman–Crippen LogP) is 5.70. The van der Waals surface area contributed by atoms with Crippen molar-refractivity contribution in [3.05, 3.63) is 53.1 Å². The smallest absolute Gasteiger partial charge is 0.159 e. The normalized spacial score (nSPS) is 18.4. The molecule has 148 valence electrons. The number of carbonyl (C=O) groups is 1. The van der Waals surface area contributed by atoms with Crippen LogP contribution in [0, 0.1) is 6.92 Å². The first-order valence-corrected chi connectivity index (χ1v) is 9.78. The molecular formula is C23H29N3O2. The van der Waals surface area contributed by atoms with Crippen molar-refractivity contribution < 1.29 is 9.90 Å². The SMILES string of the molecule is CC(=O)c1ccc(N=Nc2cc3c(cc2C)N(CCO)C(C)(C)C[C@@H]3C)cc1. The molecule has 0 bridgehead atoms. The summed E-state index contributed by atoms with van der Waals surface area (Å²) in [4.78, 5) is 13.7. The minimum absolute atomic E-state index is 0.00305. The molecule has 1 atom stereocenters. The molecule has 0 saturated carbocycles. The van der Waals surface area contributed by atoms with Crippen molar-refractivity contribution in [3.63, 3.8) is 0 Å². The number of aliphatic hydroxyl groups is 1. The number of azo groups is 1. The molecule has 3 rings (SSSR count). The molecule has 1 aliphatic rings. The Bertz CT molecular complexity index is 901. The Balaban J connectivity index is 1.94. The number of β-amino-alcohol motifs (C(OH)–C–C–N with tert-alkyl or cyclic N) is 1. The van der Waals surface area contributed by atoms with Crippen molar-refractivity contribution in [3.8, 4) is 0 Å². The van der Waals surface area contributed by atoms with E-state index in [2.05, 4.69) is 48.0 Å². The summed E-state index contributed by atoms with van der Waals surface area (Å²) < 4.78 is 0. The molecule has 1 heterocycles. The third-order valence-corrected chi connectivity index (χ3v) is 5.57. The molecule has 5 heteroatoms. The van der Waals surface area contributed by atoms with E-state index in [0.717, 1.165) is 23.4 Å². The van der Waals surface area contributed by atoms with E-state index in [1.165, 1.54) is 11.3 Å². The number of hydrogen-bond donors (Lipinski definition) is 1. The molecule has 5 nitrogen and oxygen atoms in total. The second kappa shape index (κ2) is 7.84. The van der Waals surface area contributed by atoms with E-state index in [4.69, 9.17) is 0 Å². The van der Waals surface area contributed by atoms with Crippen LogP contribution in [0.5, 0.6) is 0 Å². The van der Waals surface area contributed by atoms with Gasteiger partial charge in [0, 0.05) is 23.3 Å². The number of fused-ring (bicyclic) bond motifs is 1. The van der Waals surface area contributed by atoms with E-state index in [0.29, 0.717) is 18.0 Å². The number of rotatable bonds is 5. The van der Waals surface area contributed by atoms with Crippen LogP contribution in [0.25, 0.3) is 0 Å². The lowest BCUT2D eigenvalue weighted by molar-refractivity contribution is 0.101. The van der Waals surface area contributed by atoms with Gasteiger partial charge in [0.05, 0.1) is 18.0 Å². The fourth-order valence-electron chi connectivity index (χ4n) is 4.13. The average molecular weight is 380 g/mol. The molecule has 2 aromatic rings. The predicted molar refractivity (Wildman–Crippen MR) is 113 cm³/mol. The van der Waals surface area contributed by atoms with Gasteiger partial charge in [0.15, 0.2) is 5.78 Å². The van der Waals surface area contributed by atoms with Gasteiger partial charge in [0.25, 0.3) is 0 Å². The van der Waals surface area contributed by atoms with E-state index in [9.17, 15) is 9.90 Å². The monoisotopic (exact) mass is 379 g/mol. The van der Waals surface area contributed by atoms with Gasteiger partial charge >= 0.3 is 0 Å². The number of hydrogen-bond acceptors (Lipinski definition) is 5. The summed E-state index contributed by atoms with van der Waals surface area (Å²) in [6, 6.07) is 11.4. The van der Waals surface area contributed by atoms with Crippen LogP contribution < -0.4 is 4.90 Å². The molecule has 0 aliphatic carbocycles. The highest BCUT2D eigenvalue weighted by Crippen LogP contribution is 2.45. The van der Waals surface area contributed by atoms with Gasteiger partial charge in [-0.05, 0) is 87.6 Å². The second-order valence-corrected chi connectivity index (χ2v) is 8.29. The molecule has 2 aromatic carbocycles. The number of benzene rings is 2. The molecule has 0 saturated heterocycles. The highest BCUT2D eigenvalue weighted by molar-refractivity contribution is 5.94. The zero-order chi connectivity index (χ0) is 20.5. The van der Waals surface area contributed by atoms with Gasteiger partial charge < -0.3 is 10.0 Å². The van der Waals surface area contributed by atoms with Crippen LogP contribution >= 0.6 is 0 Å². The molecule has 28 heavy (non-hydrogen) atoms. The lowest BCUT2D eigenvalue weighted by Crippen LogP contribution is -2.49. The Hall–Kier alpha value is -2.53. The van der Waals surface area contributed by atoms with Crippen molar-refractivity contribution in [2.75, 3.05) is 18.1 Å². The third kappa shape index (κ3) is 3.99. The average Bonchev–Trinajstić information content (AvgIpc) is 2.63. The molecule has 0 unspecified atom stereocenters. The zero-order valence-electron chi connectivity index (χ0n) is 17.4. The van der Waals surface area contributed by atoms with Crippen LogP contribution in [0.2, 0.25) is 0 Å². The highest BCUT2D eigenvalue weighted by atomic mass is 16.3. The second-order valence-electron chi connectivity index (χ2n) is 8.29. The van der Waals surface area contributed by atoms with E-state index >= 15 is 0 Å². The van der Waals surface area contributed by atoms with Crippen molar-refractivity contribution >= 4 is 22.8 Å². The van der Waals surface area contributed by atoms with Gasteiger partial charge in [0.2, 0.25) is 0 Å². The lowest BCUT2D eigenvalue weighted by atomic mass is 9.79. The van der Waals surface area contributed by atoms with E-state index < -0.39 is 0 Å². The fraction of sp³-hybridized carbons (Fsp3) is 0.435. The molecule has 0 aromatic heterocycles. The fourth-order valence-corrected chi connectivity index (χ4v) is 4.13. The topological polar surface area (TPSA) is 65.3 Å². The Kier molecular flexibility index (Phi) is 5.66. The first kappa shape index (κ1) is 20.2. The van der Waals surface area contributed by atoms with Crippen LogP contribution in [0.3, 0.4) is 0 Å². The van der Waals surface area contributed by atoms with Crippen LogP contribution in [0.15, 0.2) is 46.6 Å². The zero-order valence-corrected chi connectivity index (χ0v) is 17.4. The van der Waals surface area contributed by atoms with Gasteiger partial charge in [0.1, 0.15) is 0 Å². The van der Waals surface area contributed by atoms with E-state index in [1.54, 1.807) is 19.1 Å². The molecule has 0 radical (unpaired) electrons.